The number of benzene rings is 1. The average molecular weight is 377 g/mol. The Morgan fingerprint density at radius 2 is 2.00 bits per heavy atom. The molecule has 2 atom stereocenters. The molecular formula is C20H28FN3O3. The molecule has 2 saturated heterocycles. The molecule has 1 aromatic rings. The Kier molecular flexibility index (Phi) is 6.11. The van der Waals surface area contributed by atoms with E-state index in [2.05, 4.69) is 10.2 Å². The molecule has 2 heterocycles. The summed E-state index contributed by atoms with van der Waals surface area (Å²) in [6, 6.07) is 5.98. The number of hydrogen-bond donors (Lipinski definition) is 1. The largest absolute Gasteiger partial charge is 0.375 e. The molecular weight excluding hydrogens is 349 g/mol. The van der Waals surface area contributed by atoms with Crippen molar-refractivity contribution < 1.29 is 18.7 Å². The van der Waals surface area contributed by atoms with E-state index in [1.54, 1.807) is 12.1 Å². The van der Waals surface area contributed by atoms with Crippen molar-refractivity contribution in [1.82, 2.24) is 15.1 Å². The van der Waals surface area contributed by atoms with Gasteiger partial charge in [0.25, 0.3) is 0 Å². The van der Waals surface area contributed by atoms with Gasteiger partial charge in [-0.25, -0.2) is 4.39 Å². The lowest BCUT2D eigenvalue weighted by Crippen LogP contribution is -2.66. The molecule has 0 bridgehead atoms. The van der Waals surface area contributed by atoms with Gasteiger partial charge in [0.15, 0.2) is 0 Å². The molecule has 6 nitrogen and oxygen atoms in total. The van der Waals surface area contributed by atoms with Crippen LogP contribution in [-0.2, 0) is 20.9 Å². The summed E-state index contributed by atoms with van der Waals surface area (Å²) in [5.41, 5.74) is 0.280. The van der Waals surface area contributed by atoms with Gasteiger partial charge in [-0.3, -0.25) is 9.59 Å². The number of nitrogens with one attached hydrogen (secondary N) is 1. The lowest BCUT2D eigenvalue weighted by molar-refractivity contribution is -0.156. The van der Waals surface area contributed by atoms with Crippen molar-refractivity contribution >= 4 is 11.8 Å². The second-order valence-electron chi connectivity index (χ2n) is 7.62. The highest BCUT2D eigenvalue weighted by Crippen LogP contribution is 2.42. The summed E-state index contributed by atoms with van der Waals surface area (Å²) in [6.45, 7) is 2.56. The van der Waals surface area contributed by atoms with Crippen molar-refractivity contribution in [3.8, 4) is 0 Å². The molecule has 0 aliphatic carbocycles. The topological polar surface area (TPSA) is 61.9 Å². The van der Waals surface area contributed by atoms with E-state index in [9.17, 15) is 14.0 Å². The summed E-state index contributed by atoms with van der Waals surface area (Å²) in [4.78, 5) is 29.8. The minimum atomic E-state index is -0.575. The monoisotopic (exact) mass is 377 g/mol. The highest BCUT2D eigenvalue weighted by Gasteiger charge is 2.53. The lowest BCUT2D eigenvalue weighted by Gasteiger charge is -2.53. The Labute approximate surface area is 159 Å². The van der Waals surface area contributed by atoms with Crippen molar-refractivity contribution in [2.75, 3.05) is 40.4 Å². The summed E-state index contributed by atoms with van der Waals surface area (Å²) in [7, 11) is 3.53. The van der Waals surface area contributed by atoms with Gasteiger partial charge >= 0.3 is 0 Å². The highest BCUT2D eigenvalue weighted by atomic mass is 19.1. The second-order valence-corrected chi connectivity index (χ2v) is 7.62. The van der Waals surface area contributed by atoms with Gasteiger partial charge in [-0.1, -0.05) is 12.1 Å². The van der Waals surface area contributed by atoms with Gasteiger partial charge in [0.1, 0.15) is 12.4 Å². The molecule has 2 fully saturated rings. The minimum Gasteiger partial charge on any atom is -0.375 e. The van der Waals surface area contributed by atoms with Crippen LogP contribution in [0.25, 0.3) is 0 Å². The standard InChI is InChI=1S/C20H28FN3O3/c1-23-11-9-20(19(26)22-12-15-4-6-16(21)7-5-15)8-3-10-24(17(20)13-23)18(25)14-27-2/h4-7,17H,3,8-14H2,1-2H3,(H,22,26)/t17-,20+/m0/s1. The summed E-state index contributed by atoms with van der Waals surface area (Å²) in [5.74, 6) is -0.369. The van der Waals surface area contributed by atoms with E-state index in [-0.39, 0.29) is 30.3 Å². The number of likely N-dealkylation sites (tertiary alicyclic amines) is 2. The Morgan fingerprint density at radius 1 is 1.26 bits per heavy atom. The zero-order valence-electron chi connectivity index (χ0n) is 16.0. The molecule has 2 amide bonds. The van der Waals surface area contributed by atoms with Gasteiger partial charge in [-0.15, -0.1) is 0 Å². The smallest absolute Gasteiger partial charge is 0.248 e. The number of piperidine rings is 2. The number of fused-ring (bicyclic) bond motifs is 1. The number of likely N-dealkylation sites (N-methyl/N-ethyl adjacent to an activating group) is 1. The molecule has 3 rings (SSSR count). The van der Waals surface area contributed by atoms with Crippen LogP contribution in [0.1, 0.15) is 24.8 Å². The van der Waals surface area contributed by atoms with Gasteiger partial charge in [0.2, 0.25) is 11.8 Å². The molecule has 0 unspecified atom stereocenters. The van der Waals surface area contributed by atoms with Crippen LogP contribution in [0.3, 0.4) is 0 Å². The fraction of sp³-hybridized carbons (Fsp3) is 0.600. The van der Waals surface area contributed by atoms with Crippen LogP contribution in [0, 0.1) is 11.2 Å². The Balaban J connectivity index is 1.77. The van der Waals surface area contributed by atoms with Gasteiger partial charge in [-0.05, 0) is 50.6 Å². The molecule has 0 saturated carbocycles. The number of halogens is 1. The van der Waals surface area contributed by atoms with Gasteiger partial charge < -0.3 is 19.9 Å². The van der Waals surface area contributed by atoms with Crippen molar-refractivity contribution in [3.05, 3.63) is 35.6 Å². The van der Waals surface area contributed by atoms with Gasteiger partial charge in [0.05, 0.1) is 11.5 Å². The first kappa shape index (κ1) is 19.8. The predicted molar refractivity (Wildman–Crippen MR) is 99.4 cm³/mol. The van der Waals surface area contributed by atoms with Crippen molar-refractivity contribution in [3.63, 3.8) is 0 Å². The summed E-state index contributed by atoms with van der Waals surface area (Å²) in [6.07, 6.45) is 2.30. The van der Waals surface area contributed by atoms with E-state index in [1.807, 2.05) is 11.9 Å². The van der Waals surface area contributed by atoms with E-state index in [1.165, 1.54) is 19.2 Å². The van der Waals surface area contributed by atoms with E-state index in [0.717, 1.165) is 31.4 Å². The first-order chi connectivity index (χ1) is 13.0. The van der Waals surface area contributed by atoms with Crippen LogP contribution < -0.4 is 5.32 Å². The van der Waals surface area contributed by atoms with Crippen LogP contribution in [0.2, 0.25) is 0 Å². The van der Waals surface area contributed by atoms with Crippen LogP contribution in [0.4, 0.5) is 4.39 Å². The fourth-order valence-electron chi connectivity index (χ4n) is 4.37. The maximum Gasteiger partial charge on any atom is 0.248 e. The number of hydrogen-bond acceptors (Lipinski definition) is 4. The third-order valence-electron chi connectivity index (χ3n) is 5.87. The molecule has 0 aromatic heterocycles. The molecule has 2 aliphatic rings. The molecule has 1 N–H and O–H groups in total. The number of amides is 2. The van der Waals surface area contributed by atoms with E-state index in [0.29, 0.717) is 19.6 Å². The van der Waals surface area contributed by atoms with Crippen LogP contribution in [-0.4, -0.2) is 68.1 Å². The number of rotatable bonds is 5. The molecule has 0 spiro atoms. The predicted octanol–water partition coefficient (Wildman–Crippen LogP) is 1.40. The van der Waals surface area contributed by atoms with Crippen molar-refractivity contribution in [1.29, 1.82) is 0 Å². The number of nitrogens with zero attached hydrogens (tertiary/aromatic N) is 2. The summed E-state index contributed by atoms with van der Waals surface area (Å²) in [5, 5.41) is 3.04. The average Bonchev–Trinajstić information content (AvgIpc) is 2.67. The molecule has 7 heteroatoms. The number of methoxy groups -OCH3 is 1. The van der Waals surface area contributed by atoms with Crippen LogP contribution >= 0.6 is 0 Å². The Bertz CT molecular complexity index is 682. The third-order valence-corrected chi connectivity index (χ3v) is 5.87. The quantitative estimate of drug-likeness (QED) is 0.843. The van der Waals surface area contributed by atoms with Crippen molar-refractivity contribution in [2.24, 2.45) is 5.41 Å². The second kappa shape index (κ2) is 8.35. The molecule has 148 valence electrons. The van der Waals surface area contributed by atoms with Gasteiger partial charge in [0, 0.05) is 26.7 Å². The first-order valence-electron chi connectivity index (χ1n) is 9.46. The highest BCUT2D eigenvalue weighted by molar-refractivity contribution is 5.86. The number of carbonyl (C=O) groups excluding carboxylic acids is 2. The SMILES string of the molecule is COCC(=O)N1CCC[C@@]2(C(=O)NCc3ccc(F)cc3)CCN(C)C[C@H]12. The summed E-state index contributed by atoms with van der Waals surface area (Å²) >= 11 is 0. The van der Waals surface area contributed by atoms with Crippen LogP contribution in [0.5, 0.6) is 0 Å². The van der Waals surface area contributed by atoms with E-state index in [4.69, 9.17) is 4.74 Å². The Morgan fingerprint density at radius 3 is 2.70 bits per heavy atom. The molecule has 27 heavy (non-hydrogen) atoms. The zero-order valence-corrected chi connectivity index (χ0v) is 16.0. The molecule has 2 aliphatic heterocycles. The molecule has 0 radical (unpaired) electrons. The minimum absolute atomic E-state index is 0.0140. The Hall–Kier alpha value is -1.99. The number of carbonyl (C=O) groups is 2. The summed E-state index contributed by atoms with van der Waals surface area (Å²) < 4.78 is 18.1. The maximum atomic E-state index is 13.3. The zero-order chi connectivity index (χ0) is 19.4. The van der Waals surface area contributed by atoms with Crippen LogP contribution in [0.15, 0.2) is 24.3 Å². The first-order valence-corrected chi connectivity index (χ1v) is 9.46. The lowest BCUT2D eigenvalue weighted by atomic mass is 9.67. The normalized spacial score (nSPS) is 25.7. The van der Waals surface area contributed by atoms with Gasteiger partial charge in [-0.2, -0.15) is 0 Å². The third kappa shape index (κ3) is 4.14. The van der Waals surface area contributed by atoms with E-state index < -0.39 is 5.41 Å². The fourth-order valence-corrected chi connectivity index (χ4v) is 4.37. The number of ether oxygens (including phenoxy) is 1. The maximum absolute atomic E-state index is 13.3. The van der Waals surface area contributed by atoms with E-state index >= 15 is 0 Å². The molecule has 1 aromatic carbocycles. The van der Waals surface area contributed by atoms with Crippen molar-refractivity contribution in [2.45, 2.75) is 31.8 Å².